The summed E-state index contributed by atoms with van der Waals surface area (Å²) in [5.74, 6) is -0.663. The summed E-state index contributed by atoms with van der Waals surface area (Å²) in [5.41, 5.74) is -0.0926. The molecule has 0 bridgehead atoms. The monoisotopic (exact) mass is 338 g/mol. The van der Waals surface area contributed by atoms with Gasteiger partial charge >= 0.3 is 11.7 Å². The fraction of sp³-hybridized carbons (Fsp3) is 0.500. The van der Waals surface area contributed by atoms with E-state index in [2.05, 4.69) is 0 Å². The Hall–Kier alpha value is -2.64. The van der Waals surface area contributed by atoms with E-state index in [0.29, 0.717) is 13.0 Å². The Bertz CT molecular complexity index is 602. The van der Waals surface area contributed by atoms with Gasteiger partial charge in [0.2, 0.25) is 0 Å². The average molecular weight is 338 g/mol. The molecular formula is C16H22N2O6. The second-order valence-corrected chi connectivity index (χ2v) is 4.99. The van der Waals surface area contributed by atoms with E-state index < -0.39 is 4.92 Å². The number of carbonyl (C=O) groups is 2. The normalized spacial score (nSPS) is 10.1. The highest BCUT2D eigenvalue weighted by molar-refractivity contribution is 5.95. The Kier molecular flexibility index (Phi) is 7.67. The number of nitro groups is 1. The van der Waals surface area contributed by atoms with Gasteiger partial charge in [0.25, 0.3) is 5.91 Å². The van der Waals surface area contributed by atoms with E-state index in [0.717, 1.165) is 0 Å². The first kappa shape index (κ1) is 19.4. The maximum atomic E-state index is 12.6. The fourth-order valence-electron chi connectivity index (χ4n) is 2.19. The molecule has 0 aromatic heterocycles. The van der Waals surface area contributed by atoms with Crippen LogP contribution in [0.25, 0.3) is 0 Å². The van der Waals surface area contributed by atoms with Gasteiger partial charge in [-0.15, -0.1) is 0 Å². The Balaban J connectivity index is 2.95. The molecule has 0 spiro atoms. The number of benzene rings is 1. The predicted octanol–water partition coefficient (Wildman–Crippen LogP) is 2.41. The summed E-state index contributed by atoms with van der Waals surface area (Å²) in [7, 11) is 1.33. The minimum absolute atomic E-state index is 0.0812. The summed E-state index contributed by atoms with van der Waals surface area (Å²) >= 11 is 0. The van der Waals surface area contributed by atoms with E-state index in [9.17, 15) is 19.7 Å². The lowest BCUT2D eigenvalue weighted by atomic mass is 10.1. The Labute approximate surface area is 140 Å². The number of methoxy groups -OCH3 is 1. The molecule has 0 aliphatic carbocycles. The second kappa shape index (κ2) is 9.49. The van der Waals surface area contributed by atoms with Crippen molar-refractivity contribution in [1.29, 1.82) is 0 Å². The Morgan fingerprint density at radius 1 is 1.25 bits per heavy atom. The molecule has 1 amide bonds. The summed E-state index contributed by atoms with van der Waals surface area (Å²) in [6, 6.07) is 4.05. The fourth-order valence-corrected chi connectivity index (χ4v) is 2.19. The van der Waals surface area contributed by atoms with Gasteiger partial charge in [-0.05, 0) is 25.5 Å². The zero-order chi connectivity index (χ0) is 18.1. The van der Waals surface area contributed by atoms with E-state index in [1.165, 1.54) is 30.2 Å². The lowest BCUT2D eigenvalue weighted by Gasteiger charge is -2.21. The number of nitrogens with zero attached hydrogens (tertiary/aromatic N) is 2. The molecule has 0 N–H and O–H groups in total. The molecular weight excluding hydrogens is 316 g/mol. The molecule has 0 aliphatic rings. The summed E-state index contributed by atoms with van der Waals surface area (Å²) in [6.45, 7) is 4.54. The van der Waals surface area contributed by atoms with Crippen LogP contribution in [0.3, 0.4) is 0 Å². The van der Waals surface area contributed by atoms with Gasteiger partial charge in [0.05, 0.1) is 25.1 Å². The van der Waals surface area contributed by atoms with Crippen molar-refractivity contribution in [2.75, 3.05) is 26.8 Å². The highest BCUT2D eigenvalue weighted by atomic mass is 16.6. The quantitative estimate of drug-likeness (QED) is 0.389. The number of carbonyl (C=O) groups excluding carboxylic acids is 2. The zero-order valence-corrected chi connectivity index (χ0v) is 14.1. The standard InChI is InChI=1S/C16H22N2O6/c1-4-9-17(10-8-15(19)24-5-2)16(20)12-6-7-14(23-3)13(11-12)18(21)22/h6-7,11H,4-5,8-10H2,1-3H3. The van der Waals surface area contributed by atoms with E-state index in [1.54, 1.807) is 6.92 Å². The van der Waals surface area contributed by atoms with Crippen molar-refractivity contribution in [3.05, 3.63) is 33.9 Å². The van der Waals surface area contributed by atoms with Gasteiger partial charge < -0.3 is 14.4 Å². The minimum Gasteiger partial charge on any atom is -0.490 e. The van der Waals surface area contributed by atoms with Gasteiger partial charge in [-0.25, -0.2) is 0 Å². The van der Waals surface area contributed by atoms with Crippen molar-refractivity contribution < 1.29 is 24.0 Å². The maximum absolute atomic E-state index is 12.6. The van der Waals surface area contributed by atoms with Gasteiger partial charge in [-0.2, -0.15) is 0 Å². The molecule has 0 heterocycles. The summed E-state index contributed by atoms with van der Waals surface area (Å²) < 4.78 is 9.78. The third kappa shape index (κ3) is 5.22. The van der Waals surface area contributed by atoms with Gasteiger partial charge in [-0.1, -0.05) is 6.92 Å². The molecule has 0 atom stereocenters. The smallest absolute Gasteiger partial charge is 0.311 e. The van der Waals surface area contributed by atoms with Crippen LogP contribution in [0.5, 0.6) is 5.75 Å². The van der Waals surface area contributed by atoms with Crippen LogP contribution < -0.4 is 4.74 Å². The topological polar surface area (TPSA) is 99.0 Å². The van der Waals surface area contributed by atoms with Crippen LogP contribution >= 0.6 is 0 Å². The van der Waals surface area contributed by atoms with Crippen LogP contribution in [-0.4, -0.2) is 48.5 Å². The van der Waals surface area contributed by atoms with Crippen LogP contribution in [0.1, 0.15) is 37.0 Å². The molecule has 1 aromatic carbocycles. The lowest BCUT2D eigenvalue weighted by molar-refractivity contribution is -0.385. The van der Waals surface area contributed by atoms with Crippen LogP contribution in [0.4, 0.5) is 5.69 Å². The highest BCUT2D eigenvalue weighted by Gasteiger charge is 2.22. The Morgan fingerprint density at radius 2 is 1.96 bits per heavy atom. The van der Waals surface area contributed by atoms with Gasteiger partial charge in [0.15, 0.2) is 5.75 Å². The van der Waals surface area contributed by atoms with Crippen molar-refractivity contribution in [2.45, 2.75) is 26.7 Å². The maximum Gasteiger partial charge on any atom is 0.311 e. The number of hydrogen-bond acceptors (Lipinski definition) is 6. The number of rotatable bonds is 9. The molecule has 0 fully saturated rings. The third-order valence-electron chi connectivity index (χ3n) is 3.29. The number of amides is 1. The van der Waals surface area contributed by atoms with E-state index in [4.69, 9.17) is 9.47 Å². The van der Waals surface area contributed by atoms with Crippen LogP contribution in [0.2, 0.25) is 0 Å². The van der Waals surface area contributed by atoms with E-state index in [1.807, 2.05) is 6.92 Å². The van der Waals surface area contributed by atoms with Crippen molar-refractivity contribution in [2.24, 2.45) is 0 Å². The third-order valence-corrected chi connectivity index (χ3v) is 3.29. The molecule has 0 unspecified atom stereocenters. The summed E-state index contributed by atoms with van der Waals surface area (Å²) in [4.78, 5) is 36.0. The van der Waals surface area contributed by atoms with E-state index >= 15 is 0 Å². The van der Waals surface area contributed by atoms with Crippen molar-refractivity contribution in [3.8, 4) is 5.75 Å². The molecule has 1 aromatic rings. The molecule has 132 valence electrons. The van der Waals surface area contributed by atoms with Crippen LogP contribution in [0, 0.1) is 10.1 Å². The van der Waals surface area contributed by atoms with Crippen molar-refractivity contribution in [3.63, 3.8) is 0 Å². The van der Waals surface area contributed by atoms with Crippen LogP contribution in [0.15, 0.2) is 18.2 Å². The van der Waals surface area contributed by atoms with Gasteiger partial charge in [0, 0.05) is 24.7 Å². The number of ether oxygens (including phenoxy) is 2. The van der Waals surface area contributed by atoms with Gasteiger partial charge in [-0.3, -0.25) is 19.7 Å². The lowest BCUT2D eigenvalue weighted by Crippen LogP contribution is -2.34. The molecule has 0 saturated heterocycles. The first-order chi connectivity index (χ1) is 11.4. The summed E-state index contributed by atoms with van der Waals surface area (Å²) in [6.07, 6.45) is 0.782. The molecule has 0 saturated carbocycles. The Morgan fingerprint density at radius 3 is 2.50 bits per heavy atom. The first-order valence-corrected chi connectivity index (χ1v) is 7.71. The largest absolute Gasteiger partial charge is 0.490 e. The van der Waals surface area contributed by atoms with Gasteiger partial charge in [0.1, 0.15) is 0 Å². The predicted molar refractivity (Wildman–Crippen MR) is 87.1 cm³/mol. The van der Waals surface area contributed by atoms with Crippen molar-refractivity contribution >= 4 is 17.6 Å². The summed E-state index contributed by atoms with van der Waals surface area (Å²) in [5, 5.41) is 11.1. The number of hydrogen-bond donors (Lipinski definition) is 0. The molecule has 1 rings (SSSR count). The minimum atomic E-state index is -0.599. The first-order valence-electron chi connectivity index (χ1n) is 7.71. The molecule has 0 radical (unpaired) electrons. The molecule has 0 aliphatic heterocycles. The SMILES string of the molecule is CCCN(CCC(=O)OCC)C(=O)c1ccc(OC)c([N+](=O)[O-])c1. The second-order valence-electron chi connectivity index (χ2n) is 4.99. The number of esters is 1. The zero-order valence-electron chi connectivity index (χ0n) is 14.1. The van der Waals surface area contributed by atoms with Crippen LogP contribution in [-0.2, 0) is 9.53 Å². The average Bonchev–Trinajstić information content (AvgIpc) is 2.57. The molecule has 24 heavy (non-hydrogen) atoms. The van der Waals surface area contributed by atoms with E-state index in [-0.39, 0.29) is 48.4 Å². The molecule has 8 nitrogen and oxygen atoms in total. The van der Waals surface area contributed by atoms with Crippen molar-refractivity contribution in [1.82, 2.24) is 4.90 Å². The number of nitro benzene ring substituents is 1. The molecule has 8 heteroatoms. The highest BCUT2D eigenvalue weighted by Crippen LogP contribution is 2.28.